The number of aliphatic carboxylic acids is 2. The molecular weight excluding hydrogens is 567 g/mol. The number of nitrogens with zero attached hydrogens (tertiary/aromatic N) is 3. The van der Waals surface area contributed by atoms with Gasteiger partial charge in [-0.1, -0.05) is 60.2 Å². The molecule has 4 rings (SSSR count). The summed E-state index contributed by atoms with van der Waals surface area (Å²) >= 11 is 0. The summed E-state index contributed by atoms with van der Waals surface area (Å²) in [7, 11) is 0. The first-order valence-electron chi connectivity index (χ1n) is 13.0. The summed E-state index contributed by atoms with van der Waals surface area (Å²) in [6.07, 6.45) is -1.86. The molecule has 0 aliphatic carbocycles. The van der Waals surface area contributed by atoms with Gasteiger partial charge in [-0.25, -0.2) is 14.6 Å². The predicted octanol–water partition coefficient (Wildman–Crippen LogP) is 5.18. The summed E-state index contributed by atoms with van der Waals surface area (Å²) in [6.45, 7) is 4.98. The Morgan fingerprint density at radius 1 is 0.907 bits per heavy atom. The van der Waals surface area contributed by atoms with Crippen LogP contribution in [0.5, 0.6) is 0 Å². The fraction of sp³-hybridized carbons (Fsp3) is 0.233. The standard InChI is InChI=1S/C28H29N5O3.C2HF3O2/c1-19-6-12-23(13-7-19)24(15-26(34)35)33-18-20(2)27(32-28(33)36)31-17-22-10-8-21(9-11-22)16-30-25-5-3-4-14-29-25;3-2(4,5)1(6)7/h3-14,18,24H,15-17H2,1-2H3,(H,29,30)(H,34,35)(H,31,32,36);(H,6,7). The van der Waals surface area contributed by atoms with Gasteiger partial charge >= 0.3 is 23.8 Å². The zero-order valence-corrected chi connectivity index (χ0v) is 23.3. The molecule has 0 saturated carbocycles. The van der Waals surface area contributed by atoms with Crippen LogP contribution < -0.4 is 16.3 Å². The number of alkyl halides is 3. The van der Waals surface area contributed by atoms with Crippen molar-refractivity contribution in [2.24, 2.45) is 0 Å². The van der Waals surface area contributed by atoms with Crippen molar-refractivity contribution in [1.82, 2.24) is 14.5 Å². The number of hydrogen-bond donors (Lipinski definition) is 4. The molecule has 0 amide bonds. The number of rotatable bonds is 10. The molecule has 43 heavy (non-hydrogen) atoms. The summed E-state index contributed by atoms with van der Waals surface area (Å²) in [6, 6.07) is 20.8. The number of aryl methyl sites for hydroxylation is 2. The number of carboxylic acid groups (broad SMARTS) is 2. The van der Waals surface area contributed by atoms with Gasteiger partial charge in [-0.3, -0.25) is 9.36 Å². The van der Waals surface area contributed by atoms with Gasteiger partial charge in [0.2, 0.25) is 0 Å². The predicted molar refractivity (Wildman–Crippen MR) is 154 cm³/mol. The van der Waals surface area contributed by atoms with E-state index in [1.807, 2.05) is 80.6 Å². The summed E-state index contributed by atoms with van der Waals surface area (Å²) in [5.41, 5.74) is 4.25. The topological polar surface area (TPSA) is 146 Å². The fourth-order valence-electron chi connectivity index (χ4n) is 3.92. The largest absolute Gasteiger partial charge is 0.490 e. The minimum Gasteiger partial charge on any atom is -0.481 e. The highest BCUT2D eigenvalue weighted by molar-refractivity contribution is 5.73. The third-order valence-electron chi connectivity index (χ3n) is 6.16. The third-order valence-corrected chi connectivity index (χ3v) is 6.16. The average molecular weight is 598 g/mol. The Kier molecular flexibility index (Phi) is 11.0. The van der Waals surface area contributed by atoms with E-state index < -0.39 is 29.8 Å². The van der Waals surface area contributed by atoms with Crippen LogP contribution in [0.1, 0.15) is 40.3 Å². The Labute approximate surface area is 244 Å². The second-order valence-corrected chi connectivity index (χ2v) is 9.53. The van der Waals surface area contributed by atoms with Crippen molar-refractivity contribution in [1.29, 1.82) is 0 Å². The molecule has 226 valence electrons. The molecule has 1 atom stereocenters. The first-order valence-corrected chi connectivity index (χ1v) is 13.0. The molecule has 0 fully saturated rings. The lowest BCUT2D eigenvalue weighted by Crippen LogP contribution is -2.30. The van der Waals surface area contributed by atoms with Crippen molar-refractivity contribution in [2.45, 2.75) is 45.6 Å². The van der Waals surface area contributed by atoms with Gasteiger partial charge in [0.15, 0.2) is 0 Å². The van der Waals surface area contributed by atoms with E-state index in [1.54, 1.807) is 12.4 Å². The Hall–Kier alpha value is -5.20. The third kappa shape index (κ3) is 9.99. The van der Waals surface area contributed by atoms with E-state index in [9.17, 15) is 27.9 Å². The van der Waals surface area contributed by atoms with E-state index >= 15 is 0 Å². The maximum Gasteiger partial charge on any atom is 0.490 e. The lowest BCUT2D eigenvalue weighted by atomic mass is 10.0. The summed E-state index contributed by atoms with van der Waals surface area (Å²) in [5, 5.41) is 23.1. The molecule has 1 unspecified atom stereocenters. The molecule has 0 spiro atoms. The SMILES string of the molecule is Cc1ccc(C(CC(=O)O)n2cc(C)c(NCc3ccc(CNc4ccccn4)cc3)nc2=O)cc1.O=C(O)C(F)(F)F. The zero-order chi connectivity index (χ0) is 31.6. The highest BCUT2D eigenvalue weighted by Crippen LogP contribution is 2.23. The number of hydrogen-bond acceptors (Lipinski definition) is 7. The fourth-order valence-corrected chi connectivity index (χ4v) is 3.92. The Bertz CT molecular complexity index is 1580. The van der Waals surface area contributed by atoms with Gasteiger partial charge in [-0.2, -0.15) is 18.2 Å². The van der Waals surface area contributed by atoms with Crippen LogP contribution in [0, 0.1) is 13.8 Å². The van der Waals surface area contributed by atoms with Crippen molar-refractivity contribution in [3.63, 3.8) is 0 Å². The first kappa shape index (κ1) is 32.3. The minimum absolute atomic E-state index is 0.210. The Morgan fingerprint density at radius 3 is 2.00 bits per heavy atom. The number of aromatic nitrogens is 3. The molecular formula is C30H30F3N5O5. The van der Waals surface area contributed by atoms with Crippen LogP contribution in [0.2, 0.25) is 0 Å². The second-order valence-electron chi connectivity index (χ2n) is 9.53. The van der Waals surface area contributed by atoms with Crippen LogP contribution in [0.25, 0.3) is 0 Å². The van der Waals surface area contributed by atoms with E-state index in [4.69, 9.17) is 9.90 Å². The van der Waals surface area contributed by atoms with Crippen molar-refractivity contribution in [2.75, 3.05) is 10.6 Å². The monoisotopic (exact) mass is 597 g/mol. The second kappa shape index (κ2) is 14.6. The first-order chi connectivity index (χ1) is 20.3. The molecule has 4 N–H and O–H groups in total. The molecule has 2 aromatic carbocycles. The van der Waals surface area contributed by atoms with Crippen LogP contribution >= 0.6 is 0 Å². The molecule has 0 saturated heterocycles. The minimum atomic E-state index is -5.08. The normalized spacial score (nSPS) is 11.6. The van der Waals surface area contributed by atoms with Gasteiger partial charge in [-0.15, -0.1) is 0 Å². The lowest BCUT2D eigenvalue weighted by Gasteiger charge is -2.20. The number of pyridine rings is 1. The van der Waals surface area contributed by atoms with Crippen LogP contribution in [0.4, 0.5) is 24.8 Å². The van der Waals surface area contributed by atoms with E-state index in [0.717, 1.165) is 33.6 Å². The number of carbonyl (C=O) groups is 2. The van der Waals surface area contributed by atoms with Crippen molar-refractivity contribution >= 4 is 23.6 Å². The maximum absolute atomic E-state index is 12.9. The number of anilines is 2. The number of carboxylic acids is 2. The molecule has 10 nitrogen and oxygen atoms in total. The van der Waals surface area contributed by atoms with E-state index in [2.05, 4.69) is 20.6 Å². The van der Waals surface area contributed by atoms with Gasteiger partial charge in [0.05, 0.1) is 12.5 Å². The molecule has 4 aromatic rings. The molecule has 2 heterocycles. The van der Waals surface area contributed by atoms with E-state index in [1.165, 1.54) is 4.57 Å². The molecule has 0 bridgehead atoms. The maximum atomic E-state index is 12.9. The number of halogens is 3. The van der Waals surface area contributed by atoms with Crippen LogP contribution in [-0.4, -0.2) is 42.9 Å². The summed E-state index contributed by atoms with van der Waals surface area (Å²) in [4.78, 5) is 41.8. The van der Waals surface area contributed by atoms with Crippen LogP contribution in [-0.2, 0) is 22.7 Å². The number of nitrogens with one attached hydrogen (secondary N) is 2. The smallest absolute Gasteiger partial charge is 0.481 e. The van der Waals surface area contributed by atoms with Gasteiger partial charge in [0, 0.05) is 31.0 Å². The molecule has 0 aliphatic heterocycles. The van der Waals surface area contributed by atoms with Gasteiger partial charge in [0.25, 0.3) is 0 Å². The van der Waals surface area contributed by atoms with Gasteiger partial charge in [-0.05, 0) is 42.7 Å². The van der Waals surface area contributed by atoms with Crippen LogP contribution in [0.15, 0.2) is 83.9 Å². The quantitative estimate of drug-likeness (QED) is 0.194. The van der Waals surface area contributed by atoms with E-state index in [-0.39, 0.29) is 6.42 Å². The Balaban J connectivity index is 0.000000646. The van der Waals surface area contributed by atoms with Crippen molar-refractivity contribution < 1.29 is 33.0 Å². The molecule has 0 aliphatic rings. The highest BCUT2D eigenvalue weighted by Gasteiger charge is 2.38. The summed E-state index contributed by atoms with van der Waals surface area (Å²) < 4.78 is 33.1. The number of benzene rings is 2. The van der Waals surface area contributed by atoms with Gasteiger partial charge in [0.1, 0.15) is 11.6 Å². The van der Waals surface area contributed by atoms with Crippen LogP contribution in [0.3, 0.4) is 0 Å². The Morgan fingerprint density at radius 2 is 1.49 bits per heavy atom. The van der Waals surface area contributed by atoms with Crippen molar-refractivity contribution in [3.8, 4) is 0 Å². The van der Waals surface area contributed by atoms with E-state index in [0.29, 0.717) is 18.9 Å². The van der Waals surface area contributed by atoms with Crippen molar-refractivity contribution in [3.05, 3.63) is 117 Å². The molecule has 2 aromatic heterocycles. The average Bonchev–Trinajstić information content (AvgIpc) is 2.96. The molecule has 13 heteroatoms. The highest BCUT2D eigenvalue weighted by atomic mass is 19.4. The van der Waals surface area contributed by atoms with Gasteiger partial charge < -0.3 is 20.8 Å². The summed E-state index contributed by atoms with van der Waals surface area (Å²) in [5.74, 6) is -2.43. The zero-order valence-electron chi connectivity index (χ0n) is 23.3. The lowest BCUT2D eigenvalue weighted by molar-refractivity contribution is -0.192. The molecule has 0 radical (unpaired) electrons.